The maximum atomic E-state index is 12.3. The number of halogens is 1. The van der Waals surface area contributed by atoms with E-state index in [9.17, 15) is 4.79 Å². The van der Waals surface area contributed by atoms with Gasteiger partial charge in [-0.1, -0.05) is 22.0 Å². The number of anilines is 2. The molecule has 3 rings (SSSR count). The third-order valence-electron chi connectivity index (χ3n) is 3.64. The second-order valence-electron chi connectivity index (χ2n) is 5.52. The molecule has 0 fully saturated rings. The van der Waals surface area contributed by atoms with Crippen molar-refractivity contribution in [2.45, 2.75) is 13.5 Å². The SMILES string of the molecule is Cc1cc(Br)ccc1NC(=O)c1ccc(NCc2ccccn2)nc1. The number of amides is 1. The molecule has 0 radical (unpaired) electrons. The Morgan fingerprint density at radius 1 is 1.12 bits per heavy atom. The summed E-state index contributed by atoms with van der Waals surface area (Å²) in [6.07, 6.45) is 3.31. The van der Waals surface area contributed by atoms with Gasteiger partial charge in [0.2, 0.25) is 0 Å². The van der Waals surface area contributed by atoms with Crippen molar-refractivity contribution in [3.05, 3.63) is 82.2 Å². The van der Waals surface area contributed by atoms with E-state index in [-0.39, 0.29) is 5.91 Å². The molecule has 126 valence electrons. The van der Waals surface area contributed by atoms with Gasteiger partial charge in [-0.05, 0) is 55.0 Å². The topological polar surface area (TPSA) is 66.9 Å². The van der Waals surface area contributed by atoms with E-state index in [4.69, 9.17) is 0 Å². The average molecular weight is 397 g/mol. The molecule has 3 aromatic rings. The third-order valence-corrected chi connectivity index (χ3v) is 4.13. The van der Waals surface area contributed by atoms with Crippen LogP contribution in [0.5, 0.6) is 0 Å². The molecule has 0 bridgehead atoms. The summed E-state index contributed by atoms with van der Waals surface area (Å²) < 4.78 is 0.980. The van der Waals surface area contributed by atoms with Crippen molar-refractivity contribution in [3.63, 3.8) is 0 Å². The molecule has 0 atom stereocenters. The maximum Gasteiger partial charge on any atom is 0.257 e. The first kappa shape index (κ1) is 17.1. The van der Waals surface area contributed by atoms with E-state index in [1.54, 1.807) is 24.5 Å². The van der Waals surface area contributed by atoms with Crippen LogP contribution in [0.4, 0.5) is 11.5 Å². The van der Waals surface area contributed by atoms with Crippen LogP contribution in [0.15, 0.2) is 65.4 Å². The predicted octanol–water partition coefficient (Wildman–Crippen LogP) is 4.41. The van der Waals surface area contributed by atoms with Crippen LogP contribution in [0.1, 0.15) is 21.6 Å². The lowest BCUT2D eigenvalue weighted by Crippen LogP contribution is -2.13. The molecule has 0 aliphatic rings. The third kappa shape index (κ3) is 4.64. The molecule has 0 saturated carbocycles. The summed E-state index contributed by atoms with van der Waals surface area (Å²) in [5, 5.41) is 6.08. The molecule has 1 amide bonds. The van der Waals surface area contributed by atoms with Crippen LogP contribution in [0, 0.1) is 6.92 Å². The smallest absolute Gasteiger partial charge is 0.257 e. The van der Waals surface area contributed by atoms with Gasteiger partial charge in [0.05, 0.1) is 17.8 Å². The molecular formula is C19H17BrN4O. The largest absolute Gasteiger partial charge is 0.364 e. The number of nitrogens with one attached hydrogen (secondary N) is 2. The number of carbonyl (C=O) groups excluding carboxylic acids is 1. The van der Waals surface area contributed by atoms with E-state index < -0.39 is 0 Å². The quantitative estimate of drug-likeness (QED) is 0.669. The van der Waals surface area contributed by atoms with Gasteiger partial charge < -0.3 is 10.6 Å². The van der Waals surface area contributed by atoms with Gasteiger partial charge in [-0.25, -0.2) is 4.98 Å². The fourth-order valence-electron chi connectivity index (χ4n) is 2.28. The molecule has 25 heavy (non-hydrogen) atoms. The lowest BCUT2D eigenvalue weighted by Gasteiger charge is -2.09. The Morgan fingerprint density at radius 2 is 2.00 bits per heavy atom. The standard InChI is InChI=1S/C19H17BrN4O/c1-13-10-15(20)6-7-17(13)24-19(25)14-5-8-18(22-11-14)23-12-16-4-2-3-9-21-16/h2-11H,12H2,1H3,(H,22,23)(H,24,25). The van der Waals surface area contributed by atoms with Gasteiger partial charge in [0.25, 0.3) is 5.91 Å². The molecule has 6 heteroatoms. The Morgan fingerprint density at radius 3 is 2.68 bits per heavy atom. The number of hydrogen-bond acceptors (Lipinski definition) is 4. The van der Waals surface area contributed by atoms with Crippen molar-refractivity contribution < 1.29 is 4.79 Å². The highest BCUT2D eigenvalue weighted by Gasteiger charge is 2.08. The molecular weight excluding hydrogens is 380 g/mol. The van der Waals surface area contributed by atoms with E-state index in [0.29, 0.717) is 17.9 Å². The van der Waals surface area contributed by atoms with Gasteiger partial charge in [0.1, 0.15) is 5.82 Å². The summed E-state index contributed by atoms with van der Waals surface area (Å²) in [6, 6.07) is 15.0. The Bertz CT molecular complexity index is 866. The molecule has 0 aliphatic heterocycles. The normalized spacial score (nSPS) is 10.3. The van der Waals surface area contributed by atoms with Crippen LogP contribution < -0.4 is 10.6 Å². The summed E-state index contributed by atoms with van der Waals surface area (Å²) in [5.74, 6) is 0.510. The number of rotatable bonds is 5. The average Bonchev–Trinajstić information content (AvgIpc) is 2.63. The van der Waals surface area contributed by atoms with Crippen molar-refractivity contribution in [1.29, 1.82) is 0 Å². The highest BCUT2D eigenvalue weighted by atomic mass is 79.9. The molecule has 5 nitrogen and oxygen atoms in total. The first-order valence-electron chi connectivity index (χ1n) is 7.79. The Labute approximate surface area is 154 Å². The lowest BCUT2D eigenvalue weighted by atomic mass is 10.2. The van der Waals surface area contributed by atoms with Crippen molar-refractivity contribution in [3.8, 4) is 0 Å². The number of benzene rings is 1. The van der Waals surface area contributed by atoms with E-state index in [2.05, 4.69) is 36.5 Å². The lowest BCUT2D eigenvalue weighted by molar-refractivity contribution is 0.102. The molecule has 2 aromatic heterocycles. The molecule has 2 N–H and O–H groups in total. The molecule has 0 unspecified atom stereocenters. The van der Waals surface area contributed by atoms with Gasteiger partial charge >= 0.3 is 0 Å². The summed E-state index contributed by atoms with van der Waals surface area (Å²) in [4.78, 5) is 20.9. The van der Waals surface area contributed by atoms with Crippen LogP contribution in [-0.4, -0.2) is 15.9 Å². The second-order valence-corrected chi connectivity index (χ2v) is 6.44. The minimum atomic E-state index is -0.186. The predicted molar refractivity (Wildman–Crippen MR) is 103 cm³/mol. The Balaban J connectivity index is 1.62. The molecule has 0 aliphatic carbocycles. The number of pyridine rings is 2. The van der Waals surface area contributed by atoms with Crippen molar-refractivity contribution in [2.24, 2.45) is 0 Å². The van der Waals surface area contributed by atoms with Crippen LogP contribution in [-0.2, 0) is 6.54 Å². The Hall–Kier alpha value is -2.73. The van der Waals surface area contributed by atoms with Crippen molar-refractivity contribution in [1.82, 2.24) is 9.97 Å². The van der Waals surface area contributed by atoms with Crippen LogP contribution in [0.2, 0.25) is 0 Å². The maximum absolute atomic E-state index is 12.3. The number of hydrogen-bond donors (Lipinski definition) is 2. The summed E-state index contributed by atoms with van der Waals surface area (Å²) >= 11 is 3.41. The zero-order valence-corrected chi connectivity index (χ0v) is 15.2. The number of aromatic nitrogens is 2. The number of aryl methyl sites for hydroxylation is 1. The number of carbonyl (C=O) groups is 1. The molecule has 0 spiro atoms. The van der Waals surface area contributed by atoms with Gasteiger partial charge in [0, 0.05) is 22.6 Å². The van der Waals surface area contributed by atoms with Gasteiger partial charge in [-0.15, -0.1) is 0 Å². The summed E-state index contributed by atoms with van der Waals surface area (Å²) in [7, 11) is 0. The fraction of sp³-hybridized carbons (Fsp3) is 0.105. The fourth-order valence-corrected chi connectivity index (χ4v) is 2.75. The van der Waals surface area contributed by atoms with E-state index >= 15 is 0 Å². The molecule has 0 saturated heterocycles. The van der Waals surface area contributed by atoms with E-state index in [1.807, 2.05) is 43.3 Å². The summed E-state index contributed by atoms with van der Waals surface area (Å²) in [6.45, 7) is 2.53. The zero-order valence-electron chi connectivity index (χ0n) is 13.7. The van der Waals surface area contributed by atoms with E-state index in [0.717, 1.165) is 21.4 Å². The highest BCUT2D eigenvalue weighted by molar-refractivity contribution is 9.10. The van der Waals surface area contributed by atoms with Crippen LogP contribution in [0.3, 0.4) is 0 Å². The van der Waals surface area contributed by atoms with Crippen LogP contribution in [0.25, 0.3) is 0 Å². The Kier molecular flexibility index (Phi) is 5.40. The molecule has 2 heterocycles. The highest BCUT2D eigenvalue weighted by Crippen LogP contribution is 2.20. The number of nitrogens with zero attached hydrogens (tertiary/aromatic N) is 2. The minimum absolute atomic E-state index is 0.186. The minimum Gasteiger partial charge on any atom is -0.364 e. The second kappa shape index (κ2) is 7.90. The summed E-state index contributed by atoms with van der Waals surface area (Å²) in [5.41, 5.74) is 3.21. The van der Waals surface area contributed by atoms with E-state index in [1.165, 1.54) is 0 Å². The first-order chi connectivity index (χ1) is 12.1. The molecule has 1 aromatic carbocycles. The van der Waals surface area contributed by atoms with Crippen LogP contribution >= 0.6 is 15.9 Å². The van der Waals surface area contributed by atoms with Gasteiger partial charge in [-0.3, -0.25) is 9.78 Å². The monoisotopic (exact) mass is 396 g/mol. The van der Waals surface area contributed by atoms with Gasteiger partial charge in [-0.2, -0.15) is 0 Å². The first-order valence-corrected chi connectivity index (χ1v) is 8.58. The van der Waals surface area contributed by atoms with Crippen molar-refractivity contribution in [2.75, 3.05) is 10.6 Å². The zero-order chi connectivity index (χ0) is 17.6. The van der Waals surface area contributed by atoms with Gasteiger partial charge in [0.15, 0.2) is 0 Å². The van der Waals surface area contributed by atoms with Crippen molar-refractivity contribution >= 4 is 33.3 Å².